The molecule has 2 bridgehead atoms. The van der Waals surface area contributed by atoms with Crippen LogP contribution in [0.4, 0.5) is 0 Å². The first kappa shape index (κ1) is 14.8. The number of hydrogen-bond acceptors (Lipinski definition) is 2. The molecule has 3 fully saturated rings. The summed E-state index contributed by atoms with van der Waals surface area (Å²) in [5.74, 6) is 3.16. The van der Waals surface area contributed by atoms with Crippen LogP contribution in [0.1, 0.15) is 65.2 Å². The molecule has 3 aliphatic rings. The van der Waals surface area contributed by atoms with Crippen molar-refractivity contribution in [1.82, 2.24) is 10.2 Å². The first-order valence-electron chi connectivity index (χ1n) is 9.03. The van der Waals surface area contributed by atoms with E-state index in [1.165, 1.54) is 58.0 Å². The fraction of sp³-hybridized carbons (Fsp3) is 1.00. The van der Waals surface area contributed by atoms with Gasteiger partial charge in [0, 0.05) is 11.6 Å². The Labute approximate surface area is 125 Å². The van der Waals surface area contributed by atoms with Crippen LogP contribution in [-0.2, 0) is 0 Å². The van der Waals surface area contributed by atoms with Crippen LogP contribution in [0.5, 0.6) is 0 Å². The Bertz CT molecular complexity index is 319. The Balaban J connectivity index is 1.62. The van der Waals surface area contributed by atoms with Gasteiger partial charge in [0.1, 0.15) is 0 Å². The highest BCUT2D eigenvalue weighted by Gasteiger charge is 2.43. The quantitative estimate of drug-likeness (QED) is 0.825. The zero-order valence-electron chi connectivity index (χ0n) is 13.8. The maximum atomic E-state index is 3.68. The second kappa shape index (κ2) is 5.96. The van der Waals surface area contributed by atoms with Crippen molar-refractivity contribution in [3.05, 3.63) is 0 Å². The summed E-state index contributed by atoms with van der Waals surface area (Å²) >= 11 is 0. The van der Waals surface area contributed by atoms with Gasteiger partial charge >= 0.3 is 0 Å². The van der Waals surface area contributed by atoms with Crippen molar-refractivity contribution in [2.75, 3.05) is 20.1 Å². The molecule has 3 rings (SSSR count). The molecule has 0 aromatic rings. The van der Waals surface area contributed by atoms with E-state index < -0.39 is 0 Å². The second-order valence-corrected chi connectivity index (χ2v) is 8.21. The summed E-state index contributed by atoms with van der Waals surface area (Å²) in [7, 11) is 2.18. The molecule has 2 saturated carbocycles. The van der Waals surface area contributed by atoms with E-state index in [-0.39, 0.29) is 0 Å². The van der Waals surface area contributed by atoms with Gasteiger partial charge in [0.05, 0.1) is 0 Å². The van der Waals surface area contributed by atoms with E-state index in [4.69, 9.17) is 0 Å². The molecule has 2 nitrogen and oxygen atoms in total. The van der Waals surface area contributed by atoms with E-state index in [0.717, 1.165) is 17.8 Å². The van der Waals surface area contributed by atoms with Gasteiger partial charge in [-0.15, -0.1) is 0 Å². The fourth-order valence-electron chi connectivity index (χ4n) is 5.42. The zero-order chi connectivity index (χ0) is 14.2. The van der Waals surface area contributed by atoms with Crippen LogP contribution in [0, 0.1) is 17.8 Å². The van der Waals surface area contributed by atoms with Crippen molar-refractivity contribution in [1.29, 1.82) is 0 Å². The normalized spacial score (nSPS) is 36.5. The van der Waals surface area contributed by atoms with Crippen LogP contribution >= 0.6 is 0 Å². The molecule has 1 N–H and O–H groups in total. The lowest BCUT2D eigenvalue weighted by Gasteiger charge is -2.47. The van der Waals surface area contributed by atoms with Gasteiger partial charge in [-0.05, 0) is 90.3 Å². The van der Waals surface area contributed by atoms with Crippen molar-refractivity contribution < 1.29 is 0 Å². The third-order valence-corrected chi connectivity index (χ3v) is 6.80. The number of fused-ring (bicyclic) bond motifs is 2. The molecule has 1 heterocycles. The molecule has 2 aliphatic carbocycles. The summed E-state index contributed by atoms with van der Waals surface area (Å²) in [5, 5.41) is 3.68. The molecule has 0 spiro atoms. The molecule has 1 saturated heterocycles. The van der Waals surface area contributed by atoms with E-state index in [1.54, 1.807) is 6.42 Å². The van der Waals surface area contributed by atoms with Crippen LogP contribution in [0.2, 0.25) is 0 Å². The molecule has 0 aromatic carbocycles. The number of piperidine rings is 1. The first-order valence-corrected chi connectivity index (χ1v) is 9.03. The highest BCUT2D eigenvalue weighted by atomic mass is 15.2. The minimum absolute atomic E-state index is 0.316. The van der Waals surface area contributed by atoms with Crippen molar-refractivity contribution in [2.45, 2.75) is 76.8 Å². The maximum Gasteiger partial charge on any atom is 0.0306 e. The summed E-state index contributed by atoms with van der Waals surface area (Å²) in [5.41, 5.74) is 0.316. The van der Waals surface area contributed by atoms with Crippen LogP contribution in [0.25, 0.3) is 0 Å². The lowest BCUT2D eigenvalue weighted by Crippen LogP contribution is -2.58. The summed E-state index contributed by atoms with van der Waals surface area (Å²) in [6.45, 7) is 7.57. The molecule has 116 valence electrons. The SMILES string of the molecule is CNC(CC1CC2CCC1C2)C(C)(C)N1CCCCC1. The van der Waals surface area contributed by atoms with E-state index in [0.29, 0.717) is 11.6 Å². The van der Waals surface area contributed by atoms with Crippen LogP contribution in [0.3, 0.4) is 0 Å². The fourth-order valence-corrected chi connectivity index (χ4v) is 5.42. The summed E-state index contributed by atoms with van der Waals surface area (Å²) < 4.78 is 0. The minimum atomic E-state index is 0.316. The highest BCUT2D eigenvalue weighted by molar-refractivity contribution is 4.98. The minimum Gasteiger partial charge on any atom is -0.315 e. The third-order valence-electron chi connectivity index (χ3n) is 6.80. The molecular formula is C18H34N2. The van der Waals surface area contributed by atoms with E-state index in [1.807, 2.05) is 0 Å². The van der Waals surface area contributed by atoms with E-state index >= 15 is 0 Å². The summed E-state index contributed by atoms with van der Waals surface area (Å²) in [6.07, 6.45) is 11.8. The Morgan fingerprint density at radius 3 is 2.40 bits per heavy atom. The molecule has 2 heteroatoms. The van der Waals surface area contributed by atoms with Crippen LogP contribution in [0.15, 0.2) is 0 Å². The number of nitrogens with one attached hydrogen (secondary N) is 1. The standard InChI is InChI=1S/C18H34N2/c1-18(2,20-9-5-4-6-10-20)17(19-3)13-16-12-14-7-8-15(16)11-14/h14-17,19H,4-13H2,1-3H3. The largest absolute Gasteiger partial charge is 0.315 e. The monoisotopic (exact) mass is 278 g/mol. The van der Waals surface area contributed by atoms with Gasteiger partial charge in [-0.25, -0.2) is 0 Å². The molecule has 4 unspecified atom stereocenters. The lowest BCUT2D eigenvalue weighted by atomic mass is 9.78. The number of hydrogen-bond donors (Lipinski definition) is 1. The molecule has 4 atom stereocenters. The molecule has 20 heavy (non-hydrogen) atoms. The Morgan fingerprint density at radius 1 is 1.10 bits per heavy atom. The van der Waals surface area contributed by atoms with Crippen molar-refractivity contribution >= 4 is 0 Å². The molecular weight excluding hydrogens is 244 g/mol. The second-order valence-electron chi connectivity index (χ2n) is 8.21. The van der Waals surface area contributed by atoms with Gasteiger partial charge in [-0.2, -0.15) is 0 Å². The summed E-state index contributed by atoms with van der Waals surface area (Å²) in [6, 6.07) is 0.657. The molecule has 1 aliphatic heterocycles. The average Bonchev–Trinajstić information content (AvgIpc) is 3.08. The van der Waals surface area contributed by atoms with Crippen LogP contribution < -0.4 is 5.32 Å². The van der Waals surface area contributed by atoms with E-state index in [9.17, 15) is 0 Å². The Morgan fingerprint density at radius 2 is 1.85 bits per heavy atom. The van der Waals surface area contributed by atoms with Crippen molar-refractivity contribution in [2.24, 2.45) is 17.8 Å². The Kier molecular flexibility index (Phi) is 4.42. The van der Waals surface area contributed by atoms with Gasteiger partial charge in [0.2, 0.25) is 0 Å². The predicted molar refractivity (Wildman–Crippen MR) is 85.9 cm³/mol. The predicted octanol–water partition coefficient (Wildman–Crippen LogP) is 3.67. The number of likely N-dealkylation sites (N-methyl/N-ethyl adjacent to an activating group) is 1. The number of nitrogens with zero attached hydrogens (tertiary/aromatic N) is 1. The van der Waals surface area contributed by atoms with Gasteiger partial charge < -0.3 is 5.32 Å². The topological polar surface area (TPSA) is 15.3 Å². The molecule has 0 amide bonds. The van der Waals surface area contributed by atoms with Gasteiger partial charge in [-0.3, -0.25) is 4.90 Å². The molecule has 0 radical (unpaired) electrons. The smallest absolute Gasteiger partial charge is 0.0306 e. The number of rotatable bonds is 5. The van der Waals surface area contributed by atoms with Crippen molar-refractivity contribution in [3.8, 4) is 0 Å². The van der Waals surface area contributed by atoms with Crippen LogP contribution in [-0.4, -0.2) is 36.6 Å². The maximum absolute atomic E-state index is 3.68. The zero-order valence-corrected chi connectivity index (χ0v) is 13.8. The number of likely N-dealkylation sites (tertiary alicyclic amines) is 1. The Hall–Kier alpha value is -0.0800. The van der Waals surface area contributed by atoms with E-state index in [2.05, 4.69) is 31.1 Å². The highest BCUT2D eigenvalue weighted by Crippen LogP contribution is 2.50. The average molecular weight is 278 g/mol. The van der Waals surface area contributed by atoms with Gasteiger partial charge in [0.25, 0.3) is 0 Å². The summed E-state index contributed by atoms with van der Waals surface area (Å²) in [4.78, 5) is 2.75. The van der Waals surface area contributed by atoms with Gasteiger partial charge in [-0.1, -0.05) is 12.8 Å². The van der Waals surface area contributed by atoms with Gasteiger partial charge in [0.15, 0.2) is 0 Å². The molecule has 0 aromatic heterocycles. The third kappa shape index (κ3) is 2.78. The van der Waals surface area contributed by atoms with Crippen molar-refractivity contribution in [3.63, 3.8) is 0 Å². The lowest BCUT2D eigenvalue weighted by molar-refractivity contribution is 0.0513. The first-order chi connectivity index (χ1) is 9.61.